The number of sulfonamides is 1. The van der Waals surface area contributed by atoms with E-state index < -0.39 is 69.1 Å². The summed E-state index contributed by atoms with van der Waals surface area (Å²) in [6.07, 6.45) is 2.64. The van der Waals surface area contributed by atoms with Crippen LogP contribution in [0.5, 0.6) is 0 Å². The monoisotopic (exact) mass is 694 g/mol. The van der Waals surface area contributed by atoms with Crippen molar-refractivity contribution in [1.82, 2.24) is 30.5 Å². The molecular formula is C32H50N6O7S2. The van der Waals surface area contributed by atoms with Crippen molar-refractivity contribution in [1.29, 1.82) is 0 Å². The summed E-state index contributed by atoms with van der Waals surface area (Å²) in [6.45, 7) is 11.9. The van der Waals surface area contributed by atoms with E-state index in [-0.39, 0.29) is 33.9 Å². The summed E-state index contributed by atoms with van der Waals surface area (Å²) in [7, 11) is -0.885. The van der Waals surface area contributed by atoms with Gasteiger partial charge in [-0.3, -0.25) is 19.2 Å². The van der Waals surface area contributed by atoms with Crippen LogP contribution in [-0.2, 0) is 29.2 Å². The molecule has 0 spiro atoms. The first-order chi connectivity index (χ1) is 21.9. The van der Waals surface area contributed by atoms with Crippen molar-refractivity contribution in [2.24, 2.45) is 28.6 Å². The highest BCUT2D eigenvalue weighted by molar-refractivity contribution is 7.91. The number of nitrogens with zero attached hydrogens (tertiary/aromatic N) is 2. The Hall–Kier alpha value is -3.04. The number of hydrogen-bond donors (Lipinski definition) is 4. The normalized spacial score (nSPS) is 23.7. The minimum absolute atomic E-state index is 0.0410. The zero-order chi connectivity index (χ0) is 35.1. The third kappa shape index (κ3) is 7.83. The van der Waals surface area contributed by atoms with Gasteiger partial charge in [0.2, 0.25) is 17.6 Å². The molecule has 15 heteroatoms. The van der Waals surface area contributed by atoms with Crippen molar-refractivity contribution < 1.29 is 32.4 Å². The van der Waals surface area contributed by atoms with E-state index in [4.69, 9.17) is 0 Å². The molecule has 2 saturated carbocycles. The van der Waals surface area contributed by atoms with Gasteiger partial charge in [-0.05, 0) is 59.3 Å². The molecule has 0 bridgehead atoms. The van der Waals surface area contributed by atoms with Crippen molar-refractivity contribution in [3.63, 3.8) is 0 Å². The van der Waals surface area contributed by atoms with Crippen LogP contribution in [0.2, 0.25) is 0 Å². The summed E-state index contributed by atoms with van der Waals surface area (Å²) in [4.78, 5) is 68.1. The van der Waals surface area contributed by atoms with Gasteiger partial charge in [0.25, 0.3) is 15.9 Å². The lowest BCUT2D eigenvalue weighted by molar-refractivity contribution is -0.145. The van der Waals surface area contributed by atoms with Crippen LogP contribution in [0.1, 0.15) is 67.2 Å². The number of piperidine rings is 1. The summed E-state index contributed by atoms with van der Waals surface area (Å²) >= 11 is 1.12. The number of Topliss-reactive ketones (excluding diaryl/α,β-unsaturated/α-hetero) is 1. The van der Waals surface area contributed by atoms with Gasteiger partial charge in [0.15, 0.2) is 0 Å². The molecule has 3 aliphatic rings. The molecule has 6 atom stereocenters. The van der Waals surface area contributed by atoms with Gasteiger partial charge in [0.05, 0.1) is 0 Å². The Labute approximate surface area is 282 Å². The summed E-state index contributed by atoms with van der Waals surface area (Å²) in [5, 5.41) is 12.6. The predicted molar refractivity (Wildman–Crippen MR) is 178 cm³/mol. The number of carbonyl (C=O) groups excluding carboxylic acids is 5. The molecule has 2 heterocycles. The fraction of sp³-hybridized carbons (Fsp3) is 0.719. The number of urea groups is 1. The highest BCUT2D eigenvalue weighted by atomic mass is 32.2. The molecule has 1 saturated heterocycles. The maximum absolute atomic E-state index is 14.3. The largest absolute Gasteiger partial charge is 0.353 e. The van der Waals surface area contributed by atoms with Crippen molar-refractivity contribution in [2.75, 3.05) is 27.2 Å². The van der Waals surface area contributed by atoms with Crippen LogP contribution in [0, 0.1) is 28.6 Å². The topological polar surface area (TPSA) is 174 Å². The summed E-state index contributed by atoms with van der Waals surface area (Å²) in [5.41, 5.74) is -0.938. The number of likely N-dealkylation sites (tertiary alicyclic amines) is 1. The number of likely N-dealkylation sites (N-methyl/N-ethyl adjacent to an activating group) is 2. The summed E-state index contributed by atoms with van der Waals surface area (Å²) < 4.78 is 27.4. The standard InChI is InChI=1S/C32H50N6O7S2/c1-9-11-19(16-37(8)47(44,45)21-12-10-15-46-21)34-30(43)36-26(31(2,3)4)29(42)38-17-20-22(32(20,5)6)24(38)27(40)35-23(18-13-14-18)25(39)28(41)33-7/h10,12,15,18-20,22-24,26H,9,11,13-14,16-17H2,1-8H3,(H,33,41)(H,35,40)(H2,34,36,43)/t19-,20-,22-,23?,24-,26+/m0/s1. The maximum Gasteiger partial charge on any atom is 0.315 e. The van der Waals surface area contributed by atoms with Crippen LogP contribution in [0.15, 0.2) is 21.7 Å². The molecule has 0 aromatic carbocycles. The first kappa shape index (κ1) is 36.8. The van der Waals surface area contributed by atoms with E-state index in [9.17, 15) is 32.4 Å². The fourth-order valence-corrected chi connectivity index (χ4v) is 9.26. The number of carbonyl (C=O) groups is 5. The Balaban J connectivity index is 1.49. The maximum atomic E-state index is 14.3. The van der Waals surface area contributed by atoms with E-state index in [1.165, 1.54) is 29.4 Å². The van der Waals surface area contributed by atoms with Crippen molar-refractivity contribution in [3.05, 3.63) is 17.5 Å². The van der Waals surface area contributed by atoms with E-state index in [1.54, 1.807) is 11.4 Å². The van der Waals surface area contributed by atoms with Gasteiger partial charge < -0.3 is 26.2 Å². The first-order valence-corrected chi connectivity index (χ1v) is 18.6. The molecule has 1 unspecified atom stereocenters. The van der Waals surface area contributed by atoms with E-state index in [0.29, 0.717) is 19.4 Å². The van der Waals surface area contributed by atoms with Crippen LogP contribution < -0.4 is 21.3 Å². The van der Waals surface area contributed by atoms with Crippen LogP contribution >= 0.6 is 11.3 Å². The molecule has 47 heavy (non-hydrogen) atoms. The number of rotatable bonds is 14. The van der Waals surface area contributed by atoms with Crippen LogP contribution in [0.3, 0.4) is 0 Å². The lowest BCUT2D eigenvalue weighted by Crippen LogP contribution is -2.62. The number of fused-ring (bicyclic) bond motifs is 1. The molecule has 13 nitrogen and oxygen atoms in total. The molecule has 1 aromatic rings. The number of nitrogens with one attached hydrogen (secondary N) is 4. The third-order valence-corrected chi connectivity index (χ3v) is 13.1. The van der Waals surface area contributed by atoms with Crippen LogP contribution in [-0.4, -0.2) is 98.5 Å². The Kier molecular flexibility index (Phi) is 10.8. The van der Waals surface area contributed by atoms with Gasteiger partial charge in [0.1, 0.15) is 22.3 Å². The molecule has 0 radical (unpaired) electrons. The van der Waals surface area contributed by atoms with Gasteiger partial charge >= 0.3 is 6.03 Å². The molecule has 262 valence electrons. The van der Waals surface area contributed by atoms with E-state index in [1.807, 2.05) is 27.7 Å². The zero-order valence-corrected chi connectivity index (χ0v) is 30.2. The van der Waals surface area contributed by atoms with Crippen LogP contribution in [0.25, 0.3) is 0 Å². The molecule has 4 N–H and O–H groups in total. The van der Waals surface area contributed by atoms with Gasteiger partial charge in [-0.1, -0.05) is 54.0 Å². The van der Waals surface area contributed by atoms with Crippen LogP contribution in [0.4, 0.5) is 4.79 Å². The second-order valence-electron chi connectivity index (χ2n) is 14.8. The first-order valence-electron chi connectivity index (χ1n) is 16.3. The second-order valence-corrected chi connectivity index (χ2v) is 18.0. The minimum atomic E-state index is -3.72. The SMILES string of the molecule is CCC[C@@H](CN(C)S(=O)(=O)c1cccs1)NC(=O)N[C@H](C(=O)N1C[C@H]2[C@@H]([C@H]1C(=O)NC(C(=O)C(=O)NC)C1CC1)C2(C)C)C(C)(C)C. The fourth-order valence-electron chi connectivity index (χ4n) is 6.85. The molecule has 1 aromatic heterocycles. The number of hydrogen-bond acceptors (Lipinski definition) is 8. The molecule has 3 fully saturated rings. The number of ketones is 1. The Bertz CT molecular complexity index is 1470. The zero-order valence-electron chi connectivity index (χ0n) is 28.6. The summed E-state index contributed by atoms with van der Waals surface area (Å²) in [5.74, 6) is -2.55. The molecular weight excluding hydrogens is 645 g/mol. The van der Waals surface area contributed by atoms with E-state index >= 15 is 0 Å². The Morgan fingerprint density at radius 1 is 1.11 bits per heavy atom. The lowest BCUT2D eigenvalue weighted by atomic mass is 9.85. The average Bonchev–Trinajstić information content (AvgIpc) is 3.71. The Morgan fingerprint density at radius 2 is 1.77 bits per heavy atom. The quantitative estimate of drug-likeness (QED) is 0.215. The van der Waals surface area contributed by atoms with Gasteiger partial charge in [-0.15, -0.1) is 11.3 Å². The summed E-state index contributed by atoms with van der Waals surface area (Å²) in [6, 6.07) is -0.770. The van der Waals surface area contributed by atoms with Crippen molar-refractivity contribution >= 4 is 50.9 Å². The van der Waals surface area contributed by atoms with Gasteiger partial charge in [0, 0.05) is 33.2 Å². The van der Waals surface area contributed by atoms with Gasteiger partial charge in [-0.2, -0.15) is 4.31 Å². The highest BCUT2D eigenvalue weighted by Crippen LogP contribution is 2.65. The van der Waals surface area contributed by atoms with Gasteiger partial charge in [-0.25, -0.2) is 13.2 Å². The van der Waals surface area contributed by atoms with Crippen molar-refractivity contribution in [3.8, 4) is 0 Å². The number of thiophene rings is 1. The van der Waals surface area contributed by atoms with E-state index in [2.05, 4.69) is 35.1 Å². The third-order valence-electron chi connectivity index (χ3n) is 9.88. The molecule has 1 aliphatic heterocycles. The second kappa shape index (κ2) is 13.8. The van der Waals surface area contributed by atoms with Crippen molar-refractivity contribution in [2.45, 2.75) is 95.6 Å². The highest BCUT2D eigenvalue weighted by Gasteiger charge is 2.70. The van der Waals surface area contributed by atoms with E-state index in [0.717, 1.165) is 24.2 Å². The Morgan fingerprint density at radius 3 is 2.30 bits per heavy atom. The predicted octanol–water partition coefficient (Wildman–Crippen LogP) is 1.94. The average molecular weight is 695 g/mol. The minimum Gasteiger partial charge on any atom is -0.353 e. The molecule has 4 rings (SSSR count). The number of amides is 5. The molecule has 5 amide bonds. The lowest BCUT2D eigenvalue weighted by Gasteiger charge is -2.38. The smallest absolute Gasteiger partial charge is 0.315 e. The molecule has 2 aliphatic carbocycles.